The van der Waals surface area contributed by atoms with Crippen LogP contribution in [0.5, 0.6) is 5.75 Å². The number of hydrogen-bond donors (Lipinski definition) is 0. The molecule has 1 aliphatic rings. The fraction of sp³-hybridized carbons (Fsp3) is 0.538. The highest BCUT2D eigenvalue weighted by Gasteiger charge is 2.24. The lowest BCUT2D eigenvalue weighted by atomic mass is 10.1. The third-order valence-corrected chi connectivity index (χ3v) is 2.77. The molecule has 15 heavy (non-hydrogen) atoms. The van der Waals surface area contributed by atoms with E-state index in [1.165, 1.54) is 24.1 Å². The molecule has 1 aromatic rings. The summed E-state index contributed by atoms with van der Waals surface area (Å²) in [5.41, 5.74) is 2.52. The van der Waals surface area contributed by atoms with Crippen LogP contribution >= 0.6 is 0 Å². The van der Waals surface area contributed by atoms with Gasteiger partial charge in [-0.1, -0.05) is 13.0 Å². The van der Waals surface area contributed by atoms with Crippen LogP contribution in [-0.4, -0.2) is 20.2 Å². The van der Waals surface area contributed by atoms with E-state index < -0.39 is 0 Å². The molecule has 0 bridgehead atoms. The third kappa shape index (κ3) is 2.44. The maximum absolute atomic E-state index is 5.91. The van der Waals surface area contributed by atoms with Gasteiger partial charge in [0.05, 0.1) is 6.10 Å². The van der Waals surface area contributed by atoms with Crippen molar-refractivity contribution in [2.24, 2.45) is 0 Å². The van der Waals surface area contributed by atoms with Gasteiger partial charge in [-0.2, -0.15) is 0 Å². The van der Waals surface area contributed by atoms with Crippen LogP contribution in [0.3, 0.4) is 0 Å². The Morgan fingerprint density at radius 2 is 2.07 bits per heavy atom. The molecule has 2 heteroatoms. The highest BCUT2D eigenvalue weighted by molar-refractivity contribution is 5.53. The summed E-state index contributed by atoms with van der Waals surface area (Å²) >= 11 is 0. The van der Waals surface area contributed by atoms with Gasteiger partial charge in [-0.25, -0.2) is 0 Å². The molecule has 1 aromatic carbocycles. The van der Waals surface area contributed by atoms with Crippen LogP contribution in [0.1, 0.15) is 25.3 Å². The highest BCUT2D eigenvalue weighted by atomic mass is 16.5. The van der Waals surface area contributed by atoms with Gasteiger partial charge < -0.3 is 9.64 Å². The Balaban J connectivity index is 2.24. The van der Waals surface area contributed by atoms with Crippen molar-refractivity contribution in [3.8, 4) is 5.75 Å². The van der Waals surface area contributed by atoms with Gasteiger partial charge in [0.2, 0.25) is 0 Å². The summed E-state index contributed by atoms with van der Waals surface area (Å²) in [5, 5.41) is 0. The lowest BCUT2D eigenvalue weighted by molar-refractivity contribution is 0.300. The van der Waals surface area contributed by atoms with Crippen molar-refractivity contribution in [3.05, 3.63) is 23.8 Å². The fourth-order valence-electron chi connectivity index (χ4n) is 1.59. The first kappa shape index (κ1) is 10.3. The van der Waals surface area contributed by atoms with Crippen LogP contribution in [0.25, 0.3) is 0 Å². The second-order valence-electron chi connectivity index (χ2n) is 4.36. The molecule has 0 heterocycles. The quantitative estimate of drug-likeness (QED) is 0.749. The van der Waals surface area contributed by atoms with E-state index in [-0.39, 0.29) is 0 Å². The number of hydrogen-bond acceptors (Lipinski definition) is 2. The Bertz CT molecular complexity index is 342. The van der Waals surface area contributed by atoms with Gasteiger partial charge in [-0.3, -0.25) is 0 Å². The van der Waals surface area contributed by atoms with E-state index in [2.05, 4.69) is 44.1 Å². The smallest absolute Gasteiger partial charge is 0.124 e. The van der Waals surface area contributed by atoms with Crippen LogP contribution in [0.15, 0.2) is 18.2 Å². The van der Waals surface area contributed by atoms with E-state index in [0.29, 0.717) is 6.10 Å². The summed E-state index contributed by atoms with van der Waals surface area (Å²) in [6, 6.07) is 6.47. The molecule has 0 saturated heterocycles. The van der Waals surface area contributed by atoms with Crippen LogP contribution in [0.4, 0.5) is 5.69 Å². The summed E-state index contributed by atoms with van der Waals surface area (Å²) in [4.78, 5) is 2.11. The minimum atomic E-state index is 0.479. The van der Waals surface area contributed by atoms with Crippen molar-refractivity contribution in [1.29, 1.82) is 0 Å². The normalized spacial score (nSPS) is 15.1. The summed E-state index contributed by atoms with van der Waals surface area (Å²) in [7, 11) is 4.11. The third-order valence-electron chi connectivity index (χ3n) is 2.77. The van der Waals surface area contributed by atoms with Crippen molar-refractivity contribution >= 4 is 5.69 Å². The molecule has 0 amide bonds. The first-order valence-corrected chi connectivity index (χ1v) is 5.67. The monoisotopic (exact) mass is 205 g/mol. The molecular weight excluding hydrogens is 186 g/mol. The van der Waals surface area contributed by atoms with Gasteiger partial charge in [0.25, 0.3) is 0 Å². The molecule has 0 radical (unpaired) electrons. The molecule has 0 aromatic heterocycles. The summed E-state index contributed by atoms with van der Waals surface area (Å²) in [6.07, 6.45) is 3.95. The first-order valence-electron chi connectivity index (χ1n) is 5.67. The Labute approximate surface area is 91.9 Å². The molecule has 2 nitrogen and oxygen atoms in total. The minimum absolute atomic E-state index is 0.479. The number of benzene rings is 1. The topological polar surface area (TPSA) is 12.5 Å². The molecular formula is C13H19NO. The van der Waals surface area contributed by atoms with Crippen molar-refractivity contribution in [2.75, 3.05) is 19.0 Å². The van der Waals surface area contributed by atoms with Crippen molar-refractivity contribution in [3.63, 3.8) is 0 Å². The lowest BCUT2D eigenvalue weighted by Crippen LogP contribution is -2.09. The Hall–Kier alpha value is -1.18. The van der Waals surface area contributed by atoms with Gasteiger partial charge in [-0.05, 0) is 30.9 Å². The number of anilines is 1. The molecule has 1 aliphatic carbocycles. The van der Waals surface area contributed by atoms with Crippen molar-refractivity contribution in [1.82, 2.24) is 0 Å². The Morgan fingerprint density at radius 3 is 2.60 bits per heavy atom. The van der Waals surface area contributed by atoms with Crippen LogP contribution in [0, 0.1) is 0 Å². The van der Waals surface area contributed by atoms with E-state index in [1.807, 2.05) is 0 Å². The van der Waals surface area contributed by atoms with Crippen LogP contribution < -0.4 is 9.64 Å². The van der Waals surface area contributed by atoms with Crippen molar-refractivity contribution in [2.45, 2.75) is 32.3 Å². The maximum Gasteiger partial charge on any atom is 0.124 e. The minimum Gasteiger partial charge on any atom is -0.490 e. The number of rotatable bonds is 4. The van der Waals surface area contributed by atoms with Crippen molar-refractivity contribution < 1.29 is 4.74 Å². The number of ether oxygens (including phenoxy) is 1. The molecule has 0 unspecified atom stereocenters. The molecule has 0 atom stereocenters. The second-order valence-corrected chi connectivity index (χ2v) is 4.36. The zero-order chi connectivity index (χ0) is 10.8. The molecule has 82 valence electrons. The van der Waals surface area contributed by atoms with E-state index in [4.69, 9.17) is 4.74 Å². The van der Waals surface area contributed by atoms with E-state index in [0.717, 1.165) is 12.2 Å². The number of aryl methyl sites for hydroxylation is 1. The van der Waals surface area contributed by atoms with Gasteiger partial charge in [0.15, 0.2) is 0 Å². The van der Waals surface area contributed by atoms with E-state index >= 15 is 0 Å². The molecule has 1 fully saturated rings. The van der Waals surface area contributed by atoms with Gasteiger partial charge in [0.1, 0.15) is 5.75 Å². The molecule has 0 spiro atoms. The lowest BCUT2D eigenvalue weighted by Gasteiger charge is -2.16. The second kappa shape index (κ2) is 4.13. The Morgan fingerprint density at radius 1 is 1.33 bits per heavy atom. The first-order chi connectivity index (χ1) is 7.20. The Kier molecular flexibility index (Phi) is 2.85. The van der Waals surface area contributed by atoms with Gasteiger partial charge >= 0.3 is 0 Å². The zero-order valence-electron chi connectivity index (χ0n) is 9.79. The average Bonchev–Trinajstić information content (AvgIpc) is 3.01. The summed E-state index contributed by atoms with van der Waals surface area (Å²) in [6.45, 7) is 2.17. The predicted molar refractivity (Wildman–Crippen MR) is 63.8 cm³/mol. The highest BCUT2D eigenvalue weighted by Crippen LogP contribution is 2.31. The fourth-order valence-corrected chi connectivity index (χ4v) is 1.59. The zero-order valence-corrected chi connectivity index (χ0v) is 9.79. The standard InChI is InChI=1S/C13H19NO/c1-4-10-5-6-11(14(2)3)9-13(10)15-12-7-8-12/h5-6,9,12H,4,7-8H2,1-3H3. The average molecular weight is 205 g/mol. The predicted octanol–water partition coefficient (Wildman–Crippen LogP) is 2.86. The number of nitrogens with zero attached hydrogens (tertiary/aromatic N) is 1. The SMILES string of the molecule is CCc1ccc(N(C)C)cc1OC1CC1. The van der Waals surface area contributed by atoms with Gasteiger partial charge in [-0.15, -0.1) is 0 Å². The molecule has 0 N–H and O–H groups in total. The largest absolute Gasteiger partial charge is 0.490 e. The van der Waals surface area contributed by atoms with Crippen LogP contribution in [-0.2, 0) is 6.42 Å². The van der Waals surface area contributed by atoms with E-state index in [1.54, 1.807) is 0 Å². The molecule has 2 rings (SSSR count). The summed E-state index contributed by atoms with van der Waals surface area (Å²) < 4.78 is 5.91. The van der Waals surface area contributed by atoms with E-state index in [9.17, 15) is 0 Å². The van der Waals surface area contributed by atoms with Crippen LogP contribution in [0.2, 0.25) is 0 Å². The van der Waals surface area contributed by atoms with Gasteiger partial charge in [0, 0.05) is 25.8 Å². The summed E-state index contributed by atoms with van der Waals surface area (Å²) in [5.74, 6) is 1.08. The molecule has 0 aliphatic heterocycles. The maximum atomic E-state index is 5.91. The molecule has 1 saturated carbocycles.